The summed E-state index contributed by atoms with van der Waals surface area (Å²) < 4.78 is 0. The van der Waals surface area contributed by atoms with E-state index in [4.69, 9.17) is 5.11 Å². The molecule has 7 nitrogen and oxygen atoms in total. The van der Waals surface area contributed by atoms with Crippen LogP contribution in [0.15, 0.2) is 12.3 Å². The van der Waals surface area contributed by atoms with E-state index in [1.165, 1.54) is 0 Å². The Balaban J connectivity index is 2.83. The third kappa shape index (κ3) is 4.49. The SMILES string of the molecule is CCCCCC(C)Nc1ncc([N+](=O)[O-])cc1C(=O)O. The third-order valence-corrected chi connectivity index (χ3v) is 2.94. The lowest BCUT2D eigenvalue weighted by molar-refractivity contribution is -0.385. The molecule has 1 unspecified atom stereocenters. The summed E-state index contributed by atoms with van der Waals surface area (Å²) in [6.07, 6.45) is 5.23. The fourth-order valence-corrected chi connectivity index (χ4v) is 1.84. The summed E-state index contributed by atoms with van der Waals surface area (Å²) in [5, 5.41) is 22.7. The highest BCUT2D eigenvalue weighted by Gasteiger charge is 2.18. The highest BCUT2D eigenvalue weighted by molar-refractivity contribution is 5.93. The van der Waals surface area contributed by atoms with Crippen LogP contribution in [0.4, 0.5) is 11.5 Å². The van der Waals surface area contributed by atoms with Crippen LogP contribution in [0.3, 0.4) is 0 Å². The van der Waals surface area contributed by atoms with E-state index >= 15 is 0 Å². The summed E-state index contributed by atoms with van der Waals surface area (Å²) in [6.45, 7) is 4.04. The number of carboxylic acids is 1. The number of nitro groups is 1. The maximum Gasteiger partial charge on any atom is 0.339 e. The summed E-state index contributed by atoms with van der Waals surface area (Å²) in [4.78, 5) is 25.0. The molecule has 0 bridgehead atoms. The first-order valence-electron chi connectivity index (χ1n) is 6.60. The number of hydrogen-bond acceptors (Lipinski definition) is 5. The van der Waals surface area contributed by atoms with E-state index in [1.54, 1.807) is 0 Å². The molecule has 7 heteroatoms. The Morgan fingerprint density at radius 3 is 2.80 bits per heavy atom. The molecule has 2 N–H and O–H groups in total. The molecule has 0 aliphatic rings. The Morgan fingerprint density at radius 2 is 2.25 bits per heavy atom. The van der Waals surface area contributed by atoms with E-state index < -0.39 is 10.9 Å². The van der Waals surface area contributed by atoms with E-state index in [2.05, 4.69) is 17.2 Å². The van der Waals surface area contributed by atoms with Gasteiger partial charge in [-0.3, -0.25) is 10.1 Å². The molecule has 1 rings (SSSR count). The second kappa shape index (κ2) is 7.42. The zero-order valence-electron chi connectivity index (χ0n) is 11.6. The van der Waals surface area contributed by atoms with Crippen LogP contribution in [0.1, 0.15) is 49.9 Å². The van der Waals surface area contributed by atoms with Crippen molar-refractivity contribution in [2.24, 2.45) is 0 Å². The molecule has 0 spiro atoms. The van der Waals surface area contributed by atoms with Crippen molar-refractivity contribution in [3.05, 3.63) is 27.9 Å². The van der Waals surface area contributed by atoms with Gasteiger partial charge in [-0.15, -0.1) is 0 Å². The van der Waals surface area contributed by atoms with Gasteiger partial charge in [0.05, 0.1) is 4.92 Å². The van der Waals surface area contributed by atoms with Crippen LogP contribution in [-0.4, -0.2) is 27.0 Å². The molecule has 0 aliphatic carbocycles. The van der Waals surface area contributed by atoms with Gasteiger partial charge in [-0.05, 0) is 13.3 Å². The molecule has 0 fully saturated rings. The molecule has 110 valence electrons. The predicted octanol–water partition coefficient (Wildman–Crippen LogP) is 3.07. The highest BCUT2D eigenvalue weighted by Crippen LogP contribution is 2.20. The number of anilines is 1. The number of nitrogens with one attached hydrogen (secondary N) is 1. The Labute approximate surface area is 117 Å². The van der Waals surface area contributed by atoms with Crippen LogP contribution >= 0.6 is 0 Å². The second-order valence-corrected chi connectivity index (χ2v) is 4.69. The first-order chi connectivity index (χ1) is 9.45. The van der Waals surface area contributed by atoms with Gasteiger partial charge in [-0.2, -0.15) is 0 Å². The first kappa shape index (κ1) is 15.9. The van der Waals surface area contributed by atoms with Gasteiger partial charge in [0.1, 0.15) is 17.6 Å². The summed E-state index contributed by atoms with van der Waals surface area (Å²) >= 11 is 0. The molecule has 0 amide bonds. The Kier molecular flexibility index (Phi) is 5.89. The Hall–Kier alpha value is -2.18. The lowest BCUT2D eigenvalue weighted by Crippen LogP contribution is -2.18. The monoisotopic (exact) mass is 281 g/mol. The number of aromatic carboxylic acids is 1. The summed E-state index contributed by atoms with van der Waals surface area (Å²) in [7, 11) is 0. The number of carboxylic acid groups (broad SMARTS) is 1. The van der Waals surface area contributed by atoms with Crippen molar-refractivity contribution >= 4 is 17.5 Å². The van der Waals surface area contributed by atoms with Crippen molar-refractivity contribution in [1.82, 2.24) is 4.98 Å². The minimum Gasteiger partial charge on any atom is -0.478 e. The van der Waals surface area contributed by atoms with Crippen molar-refractivity contribution in [3.8, 4) is 0 Å². The van der Waals surface area contributed by atoms with Crippen LogP contribution in [0.25, 0.3) is 0 Å². The molecule has 0 radical (unpaired) electrons. The molecule has 1 atom stereocenters. The Morgan fingerprint density at radius 1 is 1.55 bits per heavy atom. The van der Waals surface area contributed by atoms with Crippen molar-refractivity contribution < 1.29 is 14.8 Å². The normalized spacial score (nSPS) is 11.9. The van der Waals surface area contributed by atoms with Crippen LogP contribution in [-0.2, 0) is 0 Å². The maximum absolute atomic E-state index is 11.1. The number of nitrogens with zero attached hydrogens (tertiary/aromatic N) is 2. The van der Waals surface area contributed by atoms with Gasteiger partial charge in [0.2, 0.25) is 0 Å². The van der Waals surface area contributed by atoms with Gasteiger partial charge in [-0.25, -0.2) is 9.78 Å². The van der Waals surface area contributed by atoms with E-state index in [-0.39, 0.29) is 23.1 Å². The van der Waals surface area contributed by atoms with Gasteiger partial charge in [0, 0.05) is 12.1 Å². The average molecular weight is 281 g/mol. The molecular weight excluding hydrogens is 262 g/mol. The average Bonchev–Trinajstić information content (AvgIpc) is 2.38. The van der Waals surface area contributed by atoms with Crippen LogP contribution in [0.5, 0.6) is 0 Å². The molecule has 1 heterocycles. The zero-order valence-corrected chi connectivity index (χ0v) is 11.6. The van der Waals surface area contributed by atoms with Gasteiger partial charge >= 0.3 is 5.97 Å². The molecule has 0 aromatic carbocycles. The van der Waals surface area contributed by atoms with Crippen LogP contribution in [0.2, 0.25) is 0 Å². The quantitative estimate of drug-likeness (QED) is 0.431. The molecule has 0 saturated carbocycles. The van der Waals surface area contributed by atoms with Gasteiger partial charge in [0.15, 0.2) is 0 Å². The Bertz CT molecular complexity index is 491. The predicted molar refractivity (Wildman–Crippen MR) is 75.1 cm³/mol. The molecule has 0 saturated heterocycles. The zero-order chi connectivity index (χ0) is 15.1. The third-order valence-electron chi connectivity index (χ3n) is 2.94. The van der Waals surface area contributed by atoms with Gasteiger partial charge in [0.25, 0.3) is 5.69 Å². The molecule has 1 aromatic heterocycles. The lowest BCUT2D eigenvalue weighted by atomic mass is 10.1. The van der Waals surface area contributed by atoms with E-state index in [9.17, 15) is 14.9 Å². The van der Waals surface area contributed by atoms with Crippen LogP contribution < -0.4 is 5.32 Å². The number of rotatable bonds is 8. The topological polar surface area (TPSA) is 105 Å². The summed E-state index contributed by atoms with van der Waals surface area (Å²) in [5.41, 5.74) is -0.506. The van der Waals surface area contributed by atoms with E-state index in [0.29, 0.717) is 0 Å². The fourth-order valence-electron chi connectivity index (χ4n) is 1.84. The largest absolute Gasteiger partial charge is 0.478 e. The number of hydrogen-bond donors (Lipinski definition) is 2. The first-order valence-corrected chi connectivity index (χ1v) is 6.60. The van der Waals surface area contributed by atoms with Gasteiger partial charge < -0.3 is 10.4 Å². The van der Waals surface area contributed by atoms with Crippen molar-refractivity contribution in [2.45, 2.75) is 45.6 Å². The molecule has 1 aromatic rings. The molecule has 20 heavy (non-hydrogen) atoms. The molecule has 0 aliphatic heterocycles. The standard InChI is InChI=1S/C13H19N3O4/c1-3-4-5-6-9(2)15-12-11(13(17)18)7-10(8-14-12)16(19)20/h7-9H,3-6H2,1-2H3,(H,14,15)(H,17,18). The number of pyridine rings is 1. The van der Waals surface area contributed by atoms with Gasteiger partial charge in [-0.1, -0.05) is 26.2 Å². The van der Waals surface area contributed by atoms with E-state index in [1.807, 2.05) is 6.92 Å². The highest BCUT2D eigenvalue weighted by atomic mass is 16.6. The van der Waals surface area contributed by atoms with Crippen LogP contribution in [0, 0.1) is 10.1 Å². The second-order valence-electron chi connectivity index (χ2n) is 4.69. The minimum atomic E-state index is -1.23. The lowest BCUT2D eigenvalue weighted by Gasteiger charge is -2.15. The number of unbranched alkanes of at least 4 members (excludes halogenated alkanes) is 2. The van der Waals surface area contributed by atoms with Crippen molar-refractivity contribution in [2.75, 3.05) is 5.32 Å². The summed E-state index contributed by atoms with van der Waals surface area (Å²) in [5.74, 6) is -1.06. The summed E-state index contributed by atoms with van der Waals surface area (Å²) in [6, 6.07) is 1.09. The van der Waals surface area contributed by atoms with E-state index in [0.717, 1.165) is 37.9 Å². The number of carbonyl (C=O) groups is 1. The van der Waals surface area contributed by atoms with Crippen molar-refractivity contribution in [3.63, 3.8) is 0 Å². The minimum absolute atomic E-state index is 0.0635. The molecular formula is C13H19N3O4. The maximum atomic E-state index is 11.1. The smallest absolute Gasteiger partial charge is 0.339 e. The fraction of sp³-hybridized carbons (Fsp3) is 0.538. The number of aromatic nitrogens is 1. The van der Waals surface area contributed by atoms with Crippen molar-refractivity contribution in [1.29, 1.82) is 0 Å².